The number of hydrogen-bond acceptors (Lipinski definition) is 3. The molecule has 0 radical (unpaired) electrons. The van der Waals surface area contributed by atoms with Crippen LogP contribution in [-0.2, 0) is 13.2 Å². The molecule has 136 valence electrons. The van der Waals surface area contributed by atoms with E-state index in [9.17, 15) is 0 Å². The third-order valence-electron chi connectivity index (χ3n) is 4.24. The summed E-state index contributed by atoms with van der Waals surface area (Å²) in [5, 5.41) is 3.50. The first-order valence-electron chi connectivity index (χ1n) is 9.29. The van der Waals surface area contributed by atoms with Crippen LogP contribution in [-0.4, -0.2) is 13.7 Å². The van der Waals surface area contributed by atoms with Crippen molar-refractivity contribution < 1.29 is 9.47 Å². The molecule has 0 atom stereocenters. The van der Waals surface area contributed by atoms with E-state index in [4.69, 9.17) is 9.47 Å². The summed E-state index contributed by atoms with van der Waals surface area (Å²) in [5.41, 5.74) is 3.63. The Balaban J connectivity index is 1.85. The second-order valence-corrected chi connectivity index (χ2v) is 6.50. The molecule has 0 fully saturated rings. The summed E-state index contributed by atoms with van der Waals surface area (Å²) in [4.78, 5) is 0. The molecular formula is C22H31NO2. The lowest BCUT2D eigenvalue weighted by atomic mass is 10.1. The third kappa shape index (κ3) is 6.79. The van der Waals surface area contributed by atoms with E-state index in [0.29, 0.717) is 6.61 Å². The van der Waals surface area contributed by atoms with E-state index in [-0.39, 0.29) is 0 Å². The Labute approximate surface area is 152 Å². The lowest BCUT2D eigenvalue weighted by Crippen LogP contribution is -2.14. The summed E-state index contributed by atoms with van der Waals surface area (Å²) in [6, 6.07) is 14.5. The summed E-state index contributed by atoms with van der Waals surface area (Å²) >= 11 is 0. The van der Waals surface area contributed by atoms with Crippen LogP contribution in [0, 0.1) is 6.92 Å². The summed E-state index contributed by atoms with van der Waals surface area (Å²) in [5.74, 6) is 1.58. The van der Waals surface area contributed by atoms with Crippen LogP contribution in [0.4, 0.5) is 0 Å². The number of methoxy groups -OCH3 is 1. The Morgan fingerprint density at radius 1 is 0.920 bits per heavy atom. The molecule has 3 nitrogen and oxygen atoms in total. The molecule has 0 aromatic heterocycles. The van der Waals surface area contributed by atoms with Crippen LogP contribution in [0.25, 0.3) is 0 Å². The molecule has 2 aromatic carbocycles. The van der Waals surface area contributed by atoms with Gasteiger partial charge in [-0.2, -0.15) is 0 Å². The molecule has 2 aromatic rings. The van der Waals surface area contributed by atoms with Crippen molar-refractivity contribution in [2.24, 2.45) is 0 Å². The smallest absolute Gasteiger partial charge is 0.161 e. The monoisotopic (exact) mass is 341 g/mol. The van der Waals surface area contributed by atoms with Gasteiger partial charge in [-0.25, -0.2) is 0 Å². The lowest BCUT2D eigenvalue weighted by molar-refractivity contribution is 0.284. The molecule has 0 spiro atoms. The minimum atomic E-state index is 0.549. The highest BCUT2D eigenvalue weighted by Crippen LogP contribution is 2.29. The highest BCUT2D eigenvalue weighted by Gasteiger charge is 2.06. The van der Waals surface area contributed by atoms with Gasteiger partial charge in [0.05, 0.1) is 7.11 Å². The standard InChI is InChI=1S/C22H31NO2/c1-4-5-6-7-13-23-16-19-11-12-21(22(15-19)24-3)25-17-20-10-8-9-18(2)14-20/h8-12,14-15,23H,4-7,13,16-17H2,1-3H3. The van der Waals surface area contributed by atoms with Crippen molar-refractivity contribution in [2.75, 3.05) is 13.7 Å². The Morgan fingerprint density at radius 2 is 1.80 bits per heavy atom. The molecule has 0 unspecified atom stereocenters. The van der Waals surface area contributed by atoms with Gasteiger partial charge in [0, 0.05) is 6.54 Å². The number of hydrogen-bond donors (Lipinski definition) is 1. The fourth-order valence-electron chi connectivity index (χ4n) is 2.81. The van der Waals surface area contributed by atoms with Gasteiger partial charge in [0.1, 0.15) is 6.61 Å². The average molecular weight is 341 g/mol. The quantitative estimate of drug-likeness (QED) is 0.566. The van der Waals surface area contributed by atoms with Crippen molar-refractivity contribution in [3.8, 4) is 11.5 Å². The summed E-state index contributed by atoms with van der Waals surface area (Å²) < 4.78 is 11.5. The van der Waals surface area contributed by atoms with E-state index in [1.807, 2.05) is 6.07 Å². The van der Waals surface area contributed by atoms with Crippen molar-refractivity contribution in [2.45, 2.75) is 52.7 Å². The van der Waals surface area contributed by atoms with Crippen LogP contribution >= 0.6 is 0 Å². The predicted molar refractivity (Wildman–Crippen MR) is 104 cm³/mol. The SMILES string of the molecule is CCCCCCNCc1ccc(OCc2cccc(C)c2)c(OC)c1. The van der Waals surface area contributed by atoms with E-state index in [0.717, 1.165) is 24.6 Å². The normalized spacial score (nSPS) is 10.7. The highest BCUT2D eigenvalue weighted by molar-refractivity contribution is 5.43. The number of rotatable bonds is 11. The minimum absolute atomic E-state index is 0.549. The van der Waals surface area contributed by atoms with Gasteiger partial charge < -0.3 is 14.8 Å². The van der Waals surface area contributed by atoms with E-state index < -0.39 is 0 Å². The molecular weight excluding hydrogens is 310 g/mol. The van der Waals surface area contributed by atoms with E-state index in [1.54, 1.807) is 7.11 Å². The minimum Gasteiger partial charge on any atom is -0.493 e. The van der Waals surface area contributed by atoms with Gasteiger partial charge in [0.2, 0.25) is 0 Å². The van der Waals surface area contributed by atoms with Crippen LogP contribution in [0.3, 0.4) is 0 Å². The first kappa shape index (κ1) is 19.3. The Kier molecular flexibility index (Phi) is 8.33. The fourth-order valence-corrected chi connectivity index (χ4v) is 2.81. The van der Waals surface area contributed by atoms with Crippen LogP contribution < -0.4 is 14.8 Å². The van der Waals surface area contributed by atoms with Crippen molar-refractivity contribution in [1.29, 1.82) is 0 Å². The average Bonchev–Trinajstić information content (AvgIpc) is 2.63. The van der Waals surface area contributed by atoms with Crippen molar-refractivity contribution in [3.05, 3.63) is 59.2 Å². The third-order valence-corrected chi connectivity index (χ3v) is 4.24. The van der Waals surface area contributed by atoms with E-state index >= 15 is 0 Å². The Morgan fingerprint density at radius 3 is 2.56 bits per heavy atom. The summed E-state index contributed by atoms with van der Waals surface area (Å²) in [7, 11) is 1.69. The molecule has 0 heterocycles. The zero-order valence-corrected chi connectivity index (χ0v) is 15.8. The maximum absolute atomic E-state index is 5.95. The molecule has 25 heavy (non-hydrogen) atoms. The first-order chi connectivity index (χ1) is 12.2. The molecule has 0 aliphatic carbocycles. The predicted octanol–water partition coefficient (Wildman–Crippen LogP) is 5.25. The summed E-state index contributed by atoms with van der Waals surface area (Å²) in [6.07, 6.45) is 5.14. The Bertz CT molecular complexity index is 640. The second-order valence-electron chi connectivity index (χ2n) is 6.50. The number of unbranched alkanes of at least 4 members (excludes halogenated alkanes) is 3. The zero-order valence-electron chi connectivity index (χ0n) is 15.8. The molecule has 3 heteroatoms. The van der Waals surface area contributed by atoms with E-state index in [1.165, 1.54) is 42.4 Å². The largest absolute Gasteiger partial charge is 0.493 e. The van der Waals surface area contributed by atoms with Gasteiger partial charge >= 0.3 is 0 Å². The molecule has 0 bridgehead atoms. The number of benzene rings is 2. The van der Waals surface area contributed by atoms with Crippen molar-refractivity contribution in [3.63, 3.8) is 0 Å². The van der Waals surface area contributed by atoms with Crippen LogP contribution in [0.2, 0.25) is 0 Å². The Hall–Kier alpha value is -2.00. The maximum Gasteiger partial charge on any atom is 0.161 e. The molecule has 0 saturated carbocycles. The topological polar surface area (TPSA) is 30.5 Å². The van der Waals surface area contributed by atoms with Crippen LogP contribution in [0.5, 0.6) is 11.5 Å². The first-order valence-corrected chi connectivity index (χ1v) is 9.29. The lowest BCUT2D eigenvalue weighted by Gasteiger charge is -2.13. The van der Waals surface area contributed by atoms with E-state index in [2.05, 4.69) is 55.6 Å². The van der Waals surface area contributed by atoms with Gasteiger partial charge in [-0.3, -0.25) is 0 Å². The molecule has 0 aliphatic rings. The number of ether oxygens (including phenoxy) is 2. The van der Waals surface area contributed by atoms with Gasteiger partial charge in [0.15, 0.2) is 11.5 Å². The van der Waals surface area contributed by atoms with Gasteiger partial charge in [-0.1, -0.05) is 62.1 Å². The molecule has 0 amide bonds. The fraction of sp³-hybridized carbons (Fsp3) is 0.455. The number of nitrogens with one attached hydrogen (secondary N) is 1. The molecule has 0 aliphatic heterocycles. The zero-order chi connectivity index (χ0) is 17.9. The van der Waals surface area contributed by atoms with Gasteiger partial charge in [-0.05, 0) is 43.1 Å². The van der Waals surface area contributed by atoms with Crippen LogP contribution in [0.1, 0.15) is 49.3 Å². The van der Waals surface area contributed by atoms with Crippen LogP contribution in [0.15, 0.2) is 42.5 Å². The van der Waals surface area contributed by atoms with Gasteiger partial charge in [-0.15, -0.1) is 0 Å². The van der Waals surface area contributed by atoms with Crippen molar-refractivity contribution >= 4 is 0 Å². The maximum atomic E-state index is 5.95. The van der Waals surface area contributed by atoms with Crippen molar-refractivity contribution in [1.82, 2.24) is 5.32 Å². The second kappa shape index (κ2) is 10.8. The van der Waals surface area contributed by atoms with Gasteiger partial charge in [0.25, 0.3) is 0 Å². The molecule has 1 N–H and O–H groups in total. The summed E-state index contributed by atoms with van der Waals surface area (Å²) in [6.45, 7) is 6.80. The molecule has 2 rings (SSSR count). The number of aryl methyl sites for hydroxylation is 1. The highest BCUT2D eigenvalue weighted by atomic mass is 16.5. The molecule has 0 saturated heterocycles.